The maximum absolute atomic E-state index is 12.9. The molecule has 0 radical (unpaired) electrons. The fourth-order valence-electron chi connectivity index (χ4n) is 3.47. The monoisotopic (exact) mass is 381 g/mol. The van der Waals surface area contributed by atoms with Gasteiger partial charge in [-0.15, -0.1) is 0 Å². The topological polar surface area (TPSA) is 110 Å². The number of rotatable bonds is 4. The Bertz CT molecular complexity index is 1090. The smallest absolute Gasteiger partial charge is 0.323 e. The first-order chi connectivity index (χ1) is 13.4. The standard InChI is InChI=1S/C19H23N7O2/c1-11-12(10-20-18(21-11)25(2)3)17(27)22-15-8-13-14(24-19(28)23-13)9-16(15)26-6-4-5-7-26/h8-10H,4-7H2,1-3H3,(H,22,27)(H2,23,24,28). The SMILES string of the molecule is Cc1nc(N(C)C)ncc1C(=O)Nc1cc2[nH]c(=O)[nH]c2cc1N1CCCC1. The van der Waals surface area contributed by atoms with Crippen LogP contribution in [-0.2, 0) is 0 Å². The van der Waals surface area contributed by atoms with E-state index >= 15 is 0 Å². The first-order valence-electron chi connectivity index (χ1n) is 9.25. The number of fused-ring (bicyclic) bond motifs is 1. The molecule has 4 rings (SSSR count). The summed E-state index contributed by atoms with van der Waals surface area (Å²) in [6, 6.07) is 3.70. The van der Waals surface area contributed by atoms with Gasteiger partial charge in [-0.05, 0) is 31.9 Å². The molecule has 1 aromatic carbocycles. The Hall–Kier alpha value is -3.36. The van der Waals surface area contributed by atoms with Crippen molar-refractivity contribution in [2.45, 2.75) is 19.8 Å². The number of amides is 1. The number of hydrogen-bond donors (Lipinski definition) is 3. The molecule has 0 unspecified atom stereocenters. The van der Waals surface area contributed by atoms with Gasteiger partial charge in [-0.1, -0.05) is 0 Å². The number of imidazole rings is 1. The number of nitrogens with zero attached hydrogens (tertiary/aromatic N) is 4. The first-order valence-corrected chi connectivity index (χ1v) is 9.25. The predicted octanol–water partition coefficient (Wildman–Crippen LogP) is 1.87. The van der Waals surface area contributed by atoms with E-state index in [0.29, 0.717) is 28.4 Å². The molecule has 1 fully saturated rings. The summed E-state index contributed by atoms with van der Waals surface area (Å²) < 4.78 is 0. The summed E-state index contributed by atoms with van der Waals surface area (Å²) in [7, 11) is 3.70. The number of hydrogen-bond acceptors (Lipinski definition) is 6. The highest BCUT2D eigenvalue weighted by molar-refractivity contribution is 6.07. The molecule has 1 aliphatic rings. The van der Waals surface area contributed by atoms with Gasteiger partial charge >= 0.3 is 5.69 Å². The maximum atomic E-state index is 12.9. The first kappa shape index (κ1) is 18.0. The van der Waals surface area contributed by atoms with Gasteiger partial charge in [-0.3, -0.25) is 4.79 Å². The van der Waals surface area contributed by atoms with Crippen LogP contribution in [0.3, 0.4) is 0 Å². The van der Waals surface area contributed by atoms with Gasteiger partial charge < -0.3 is 25.1 Å². The lowest BCUT2D eigenvalue weighted by atomic mass is 10.2. The number of H-pyrrole nitrogens is 2. The Kier molecular flexibility index (Phi) is 4.50. The number of carbonyl (C=O) groups excluding carboxylic acids is 1. The summed E-state index contributed by atoms with van der Waals surface area (Å²) in [6.45, 7) is 3.63. The van der Waals surface area contributed by atoms with Crippen LogP contribution in [0.5, 0.6) is 0 Å². The molecular formula is C19H23N7O2. The molecule has 0 bridgehead atoms. The van der Waals surface area contributed by atoms with E-state index in [1.54, 1.807) is 24.1 Å². The molecule has 9 nitrogen and oxygen atoms in total. The Labute approximate surface area is 161 Å². The molecule has 3 N–H and O–H groups in total. The van der Waals surface area contributed by atoms with E-state index in [0.717, 1.165) is 37.1 Å². The maximum Gasteiger partial charge on any atom is 0.323 e. The minimum Gasteiger partial charge on any atom is -0.370 e. The fraction of sp³-hybridized carbons (Fsp3) is 0.368. The normalized spacial score (nSPS) is 13.9. The highest BCUT2D eigenvalue weighted by Gasteiger charge is 2.20. The molecule has 0 atom stereocenters. The molecule has 0 aliphatic carbocycles. The predicted molar refractivity (Wildman–Crippen MR) is 109 cm³/mol. The molecule has 3 aromatic rings. The second-order valence-electron chi connectivity index (χ2n) is 7.21. The van der Waals surface area contributed by atoms with Crippen LogP contribution in [-0.4, -0.2) is 53.0 Å². The highest BCUT2D eigenvalue weighted by Crippen LogP contribution is 2.32. The van der Waals surface area contributed by atoms with Crippen molar-refractivity contribution in [2.75, 3.05) is 42.3 Å². The summed E-state index contributed by atoms with van der Waals surface area (Å²) in [5.74, 6) is 0.276. The number of anilines is 3. The molecule has 3 heterocycles. The zero-order valence-electron chi connectivity index (χ0n) is 16.2. The van der Waals surface area contributed by atoms with Crippen molar-refractivity contribution in [3.63, 3.8) is 0 Å². The van der Waals surface area contributed by atoms with E-state index in [9.17, 15) is 9.59 Å². The summed E-state index contributed by atoms with van der Waals surface area (Å²) >= 11 is 0. The number of carbonyl (C=O) groups is 1. The highest BCUT2D eigenvalue weighted by atomic mass is 16.2. The molecule has 1 amide bonds. The van der Waals surface area contributed by atoms with E-state index < -0.39 is 0 Å². The number of aromatic nitrogens is 4. The van der Waals surface area contributed by atoms with Crippen molar-refractivity contribution in [1.82, 2.24) is 19.9 Å². The zero-order valence-corrected chi connectivity index (χ0v) is 16.2. The number of benzene rings is 1. The number of aromatic amines is 2. The van der Waals surface area contributed by atoms with Crippen LogP contribution in [0.1, 0.15) is 28.9 Å². The van der Waals surface area contributed by atoms with Gasteiger partial charge in [0.1, 0.15) is 0 Å². The summed E-state index contributed by atoms with van der Waals surface area (Å²) in [5.41, 5.74) is 3.69. The molecular weight excluding hydrogens is 358 g/mol. The number of aryl methyl sites for hydroxylation is 1. The average molecular weight is 381 g/mol. The van der Waals surface area contributed by atoms with Crippen molar-refractivity contribution < 1.29 is 4.79 Å². The Morgan fingerprint density at radius 1 is 1.18 bits per heavy atom. The fourth-order valence-corrected chi connectivity index (χ4v) is 3.47. The molecule has 9 heteroatoms. The van der Waals surface area contributed by atoms with Gasteiger partial charge in [0.2, 0.25) is 5.95 Å². The van der Waals surface area contributed by atoms with Crippen LogP contribution < -0.4 is 20.8 Å². The second kappa shape index (κ2) is 6.99. The van der Waals surface area contributed by atoms with Crippen LogP contribution in [0.25, 0.3) is 11.0 Å². The average Bonchev–Trinajstić information content (AvgIpc) is 3.29. The van der Waals surface area contributed by atoms with Crippen LogP contribution in [0.2, 0.25) is 0 Å². The van der Waals surface area contributed by atoms with Crippen molar-refractivity contribution in [1.29, 1.82) is 0 Å². The zero-order chi connectivity index (χ0) is 19.8. The summed E-state index contributed by atoms with van der Waals surface area (Å²) in [6.07, 6.45) is 3.75. The van der Waals surface area contributed by atoms with Crippen LogP contribution in [0, 0.1) is 6.92 Å². The lowest BCUT2D eigenvalue weighted by molar-refractivity contribution is 0.102. The third kappa shape index (κ3) is 3.30. The van der Waals surface area contributed by atoms with Crippen molar-refractivity contribution in [3.8, 4) is 0 Å². The van der Waals surface area contributed by atoms with Crippen molar-refractivity contribution >= 4 is 34.3 Å². The van der Waals surface area contributed by atoms with Crippen LogP contribution in [0.4, 0.5) is 17.3 Å². The molecule has 1 saturated heterocycles. The van der Waals surface area contributed by atoms with E-state index in [4.69, 9.17) is 0 Å². The summed E-state index contributed by atoms with van der Waals surface area (Å²) in [4.78, 5) is 42.8. The lowest BCUT2D eigenvalue weighted by Gasteiger charge is -2.22. The third-order valence-electron chi connectivity index (χ3n) is 4.94. The quantitative estimate of drug-likeness (QED) is 0.636. The van der Waals surface area contributed by atoms with Crippen LogP contribution >= 0.6 is 0 Å². The number of nitrogens with one attached hydrogen (secondary N) is 3. The second-order valence-corrected chi connectivity index (χ2v) is 7.21. The minimum atomic E-state index is -0.277. The van der Waals surface area contributed by atoms with Crippen molar-refractivity contribution in [3.05, 3.63) is 40.1 Å². The molecule has 28 heavy (non-hydrogen) atoms. The third-order valence-corrected chi connectivity index (χ3v) is 4.94. The van der Waals surface area contributed by atoms with E-state index in [1.807, 2.05) is 20.2 Å². The van der Waals surface area contributed by atoms with Gasteiger partial charge in [0.05, 0.1) is 33.7 Å². The Balaban J connectivity index is 1.71. The minimum absolute atomic E-state index is 0.269. The van der Waals surface area contributed by atoms with Crippen molar-refractivity contribution in [2.24, 2.45) is 0 Å². The van der Waals surface area contributed by atoms with E-state index in [1.165, 1.54) is 0 Å². The van der Waals surface area contributed by atoms with Gasteiger partial charge in [0.25, 0.3) is 5.91 Å². The molecule has 0 spiro atoms. The largest absolute Gasteiger partial charge is 0.370 e. The van der Waals surface area contributed by atoms with E-state index in [-0.39, 0.29) is 11.6 Å². The molecule has 0 saturated carbocycles. The summed E-state index contributed by atoms with van der Waals surface area (Å²) in [5, 5.41) is 2.98. The van der Waals surface area contributed by atoms with Gasteiger partial charge in [0, 0.05) is 33.4 Å². The molecule has 2 aromatic heterocycles. The Morgan fingerprint density at radius 2 is 1.86 bits per heavy atom. The van der Waals surface area contributed by atoms with Gasteiger partial charge in [-0.2, -0.15) is 0 Å². The van der Waals surface area contributed by atoms with Gasteiger partial charge in [0.15, 0.2) is 0 Å². The van der Waals surface area contributed by atoms with Gasteiger partial charge in [-0.25, -0.2) is 14.8 Å². The molecule has 146 valence electrons. The van der Waals surface area contributed by atoms with E-state index in [2.05, 4.69) is 30.2 Å². The van der Waals surface area contributed by atoms with Crippen LogP contribution in [0.15, 0.2) is 23.1 Å². The molecule has 1 aliphatic heterocycles. The Morgan fingerprint density at radius 3 is 2.50 bits per heavy atom. The lowest BCUT2D eigenvalue weighted by Crippen LogP contribution is -2.22.